The molecule has 1 saturated carbocycles. The van der Waals surface area contributed by atoms with Gasteiger partial charge in [-0.05, 0) is 37.5 Å². The molecule has 2 atom stereocenters. The van der Waals surface area contributed by atoms with E-state index in [4.69, 9.17) is 10.2 Å². The summed E-state index contributed by atoms with van der Waals surface area (Å²) in [6, 6.07) is 15.5. The van der Waals surface area contributed by atoms with E-state index in [1.807, 2.05) is 12.1 Å². The van der Waals surface area contributed by atoms with Crippen molar-refractivity contribution in [2.45, 2.75) is 44.4 Å². The van der Waals surface area contributed by atoms with E-state index in [-0.39, 0.29) is 12.1 Å². The summed E-state index contributed by atoms with van der Waals surface area (Å²) in [4.78, 5) is 2.50. The van der Waals surface area contributed by atoms with Crippen LogP contribution in [0.15, 0.2) is 53.1 Å². The second-order valence-corrected chi connectivity index (χ2v) is 5.70. The fourth-order valence-corrected chi connectivity index (χ4v) is 2.89. The Kier molecular flexibility index (Phi) is 3.90. The smallest absolute Gasteiger partial charge is 0.117 e. The third-order valence-corrected chi connectivity index (χ3v) is 3.93. The van der Waals surface area contributed by atoms with Crippen molar-refractivity contribution in [3.8, 4) is 0 Å². The van der Waals surface area contributed by atoms with Crippen molar-refractivity contribution >= 4 is 0 Å². The zero-order chi connectivity index (χ0) is 13.9. The molecule has 106 valence electrons. The minimum Gasteiger partial charge on any atom is -0.468 e. The van der Waals surface area contributed by atoms with E-state index >= 15 is 0 Å². The molecule has 0 aliphatic heterocycles. The van der Waals surface area contributed by atoms with Gasteiger partial charge in [-0.3, -0.25) is 4.90 Å². The Morgan fingerprint density at radius 3 is 2.50 bits per heavy atom. The largest absolute Gasteiger partial charge is 0.468 e. The molecular weight excluding hydrogens is 248 g/mol. The molecule has 2 aromatic rings. The van der Waals surface area contributed by atoms with Crippen molar-refractivity contribution in [3.05, 3.63) is 60.1 Å². The van der Waals surface area contributed by atoms with Crippen molar-refractivity contribution < 1.29 is 4.42 Å². The molecule has 0 spiro atoms. The van der Waals surface area contributed by atoms with Gasteiger partial charge < -0.3 is 10.2 Å². The molecule has 1 aromatic heterocycles. The van der Waals surface area contributed by atoms with E-state index in [0.717, 1.165) is 12.3 Å². The first-order valence-electron chi connectivity index (χ1n) is 7.34. The first kappa shape index (κ1) is 13.4. The van der Waals surface area contributed by atoms with Crippen LogP contribution in [-0.2, 0) is 6.54 Å². The number of rotatable bonds is 6. The van der Waals surface area contributed by atoms with Gasteiger partial charge in [0.15, 0.2) is 0 Å². The monoisotopic (exact) mass is 270 g/mol. The highest BCUT2D eigenvalue weighted by Gasteiger charge is 2.36. The summed E-state index contributed by atoms with van der Waals surface area (Å²) in [6.07, 6.45) is 4.26. The molecule has 3 heteroatoms. The van der Waals surface area contributed by atoms with Crippen LogP contribution >= 0.6 is 0 Å². The SMILES string of the molecule is CC(N)C(c1ccccc1)N(Cc1ccco1)C1CC1. The van der Waals surface area contributed by atoms with E-state index < -0.39 is 0 Å². The highest BCUT2D eigenvalue weighted by Crippen LogP contribution is 2.37. The standard InChI is InChI=1S/C17H22N2O/c1-13(18)17(14-6-3-2-4-7-14)19(15-9-10-15)12-16-8-5-11-20-16/h2-8,11,13,15,17H,9-10,12,18H2,1H3. The van der Waals surface area contributed by atoms with E-state index in [0.29, 0.717) is 6.04 Å². The second-order valence-electron chi connectivity index (χ2n) is 5.70. The quantitative estimate of drug-likeness (QED) is 0.875. The number of furan rings is 1. The molecular formula is C17H22N2O. The lowest BCUT2D eigenvalue weighted by atomic mass is 9.98. The molecule has 0 amide bonds. The predicted molar refractivity (Wildman–Crippen MR) is 80.1 cm³/mol. The first-order chi connectivity index (χ1) is 9.75. The van der Waals surface area contributed by atoms with Gasteiger partial charge in [0.2, 0.25) is 0 Å². The summed E-state index contributed by atoms with van der Waals surface area (Å²) in [6.45, 7) is 2.92. The zero-order valence-electron chi connectivity index (χ0n) is 11.9. The Labute approximate surface area is 120 Å². The van der Waals surface area contributed by atoms with Gasteiger partial charge in [0.1, 0.15) is 5.76 Å². The van der Waals surface area contributed by atoms with Gasteiger partial charge in [0.05, 0.1) is 18.8 Å². The average Bonchev–Trinajstić information content (AvgIpc) is 3.17. The third kappa shape index (κ3) is 2.94. The average molecular weight is 270 g/mol. The molecule has 2 N–H and O–H groups in total. The maximum absolute atomic E-state index is 6.29. The molecule has 1 aromatic carbocycles. The zero-order valence-corrected chi connectivity index (χ0v) is 11.9. The van der Waals surface area contributed by atoms with Gasteiger partial charge in [-0.2, -0.15) is 0 Å². The van der Waals surface area contributed by atoms with Gasteiger partial charge in [0, 0.05) is 12.1 Å². The van der Waals surface area contributed by atoms with Crippen LogP contribution in [0.25, 0.3) is 0 Å². The predicted octanol–water partition coefficient (Wildman–Crippen LogP) is 3.33. The minimum atomic E-state index is 0.0907. The van der Waals surface area contributed by atoms with E-state index in [9.17, 15) is 0 Å². The fraction of sp³-hybridized carbons (Fsp3) is 0.412. The lowest BCUT2D eigenvalue weighted by Crippen LogP contribution is -2.40. The minimum absolute atomic E-state index is 0.0907. The van der Waals surface area contributed by atoms with Crippen LogP contribution in [0.4, 0.5) is 0 Å². The first-order valence-corrected chi connectivity index (χ1v) is 7.34. The van der Waals surface area contributed by atoms with E-state index in [1.54, 1.807) is 6.26 Å². The number of nitrogens with two attached hydrogens (primary N) is 1. The van der Waals surface area contributed by atoms with Crippen LogP contribution in [0.3, 0.4) is 0 Å². The lowest BCUT2D eigenvalue weighted by Gasteiger charge is -2.34. The van der Waals surface area contributed by atoms with Crippen molar-refractivity contribution in [3.63, 3.8) is 0 Å². The normalized spacial score (nSPS) is 18.1. The molecule has 3 rings (SSSR count). The van der Waals surface area contributed by atoms with Gasteiger partial charge >= 0.3 is 0 Å². The molecule has 1 fully saturated rings. The Morgan fingerprint density at radius 2 is 1.95 bits per heavy atom. The Bertz CT molecular complexity index is 517. The maximum atomic E-state index is 6.29. The summed E-state index contributed by atoms with van der Waals surface area (Å²) < 4.78 is 5.53. The number of benzene rings is 1. The number of hydrogen-bond donors (Lipinski definition) is 1. The lowest BCUT2D eigenvalue weighted by molar-refractivity contribution is 0.146. The van der Waals surface area contributed by atoms with Crippen LogP contribution in [0, 0.1) is 0 Å². The van der Waals surface area contributed by atoms with Crippen molar-refractivity contribution in [1.82, 2.24) is 4.90 Å². The molecule has 1 aliphatic carbocycles. The Hall–Kier alpha value is -1.58. The highest BCUT2D eigenvalue weighted by atomic mass is 16.3. The van der Waals surface area contributed by atoms with E-state index in [1.165, 1.54) is 18.4 Å². The van der Waals surface area contributed by atoms with Crippen LogP contribution in [0.2, 0.25) is 0 Å². The summed E-state index contributed by atoms with van der Waals surface area (Å²) >= 11 is 0. The maximum Gasteiger partial charge on any atom is 0.117 e. The summed E-state index contributed by atoms with van der Waals surface area (Å²) in [5.41, 5.74) is 7.58. The van der Waals surface area contributed by atoms with Crippen LogP contribution in [0.5, 0.6) is 0 Å². The van der Waals surface area contributed by atoms with Crippen LogP contribution in [0.1, 0.15) is 37.1 Å². The molecule has 2 unspecified atom stereocenters. The third-order valence-electron chi connectivity index (χ3n) is 3.93. The second kappa shape index (κ2) is 5.81. The van der Waals surface area contributed by atoms with Crippen molar-refractivity contribution in [1.29, 1.82) is 0 Å². The van der Waals surface area contributed by atoms with Gasteiger partial charge in [-0.15, -0.1) is 0 Å². The van der Waals surface area contributed by atoms with Crippen molar-refractivity contribution in [2.24, 2.45) is 5.73 Å². The topological polar surface area (TPSA) is 42.4 Å². The van der Waals surface area contributed by atoms with E-state index in [2.05, 4.69) is 42.2 Å². The molecule has 20 heavy (non-hydrogen) atoms. The molecule has 0 saturated heterocycles. The summed E-state index contributed by atoms with van der Waals surface area (Å²) in [5, 5.41) is 0. The molecule has 1 aliphatic rings. The Balaban J connectivity index is 1.86. The molecule has 1 heterocycles. The van der Waals surface area contributed by atoms with Gasteiger partial charge in [-0.25, -0.2) is 0 Å². The number of hydrogen-bond acceptors (Lipinski definition) is 3. The van der Waals surface area contributed by atoms with Crippen LogP contribution in [-0.4, -0.2) is 17.0 Å². The molecule has 3 nitrogen and oxygen atoms in total. The fourth-order valence-electron chi connectivity index (χ4n) is 2.89. The highest BCUT2D eigenvalue weighted by molar-refractivity contribution is 5.21. The Morgan fingerprint density at radius 1 is 1.20 bits per heavy atom. The molecule has 0 bridgehead atoms. The van der Waals surface area contributed by atoms with Crippen molar-refractivity contribution in [2.75, 3.05) is 0 Å². The summed E-state index contributed by atoms with van der Waals surface area (Å²) in [7, 11) is 0. The van der Waals surface area contributed by atoms with Crippen LogP contribution < -0.4 is 5.73 Å². The number of nitrogens with zero attached hydrogens (tertiary/aromatic N) is 1. The van der Waals surface area contributed by atoms with Gasteiger partial charge in [-0.1, -0.05) is 30.3 Å². The van der Waals surface area contributed by atoms with Gasteiger partial charge in [0.25, 0.3) is 0 Å². The molecule has 0 radical (unpaired) electrons. The summed E-state index contributed by atoms with van der Waals surface area (Å²) in [5.74, 6) is 1.01.